The number of nitrogens with zero attached hydrogens (tertiary/aromatic N) is 2. The van der Waals surface area contributed by atoms with Crippen molar-refractivity contribution < 1.29 is 9.53 Å². The van der Waals surface area contributed by atoms with Crippen molar-refractivity contribution >= 4 is 33.4 Å². The molecule has 0 bridgehead atoms. The van der Waals surface area contributed by atoms with Crippen LogP contribution in [-0.2, 0) is 11.2 Å². The molecular weight excluding hydrogens is 352 g/mol. The van der Waals surface area contributed by atoms with Crippen molar-refractivity contribution in [3.05, 3.63) is 38.6 Å². The number of aryl methyl sites for hydroxylation is 1. The number of carbonyl (C=O) groups is 1. The molecule has 3 rings (SSSR count). The molecule has 21 heavy (non-hydrogen) atoms. The lowest BCUT2D eigenvalue weighted by Crippen LogP contribution is -2.26. The summed E-state index contributed by atoms with van der Waals surface area (Å²) in [5, 5.41) is 1.06. The first-order valence-electron chi connectivity index (χ1n) is 6.77. The van der Waals surface area contributed by atoms with Crippen LogP contribution in [0.25, 0.3) is 11.3 Å². The van der Waals surface area contributed by atoms with Gasteiger partial charge in [-0.05, 0) is 19.1 Å². The normalized spacial score (nSPS) is 14.6. The van der Waals surface area contributed by atoms with Crippen molar-refractivity contribution in [3.63, 3.8) is 0 Å². The number of halogens is 1. The third kappa shape index (κ3) is 3.27. The van der Waals surface area contributed by atoms with Gasteiger partial charge in [0.25, 0.3) is 0 Å². The molecule has 0 radical (unpaired) electrons. The Kier molecular flexibility index (Phi) is 4.26. The lowest BCUT2D eigenvalue weighted by molar-refractivity contribution is 0.159. The molecule has 1 aromatic carbocycles. The van der Waals surface area contributed by atoms with E-state index in [4.69, 9.17) is 9.72 Å². The molecule has 1 aliphatic heterocycles. The third-order valence-electron chi connectivity index (χ3n) is 3.40. The van der Waals surface area contributed by atoms with Gasteiger partial charge in [-0.3, -0.25) is 0 Å². The lowest BCUT2D eigenvalue weighted by Gasteiger charge is -2.10. The summed E-state index contributed by atoms with van der Waals surface area (Å²) in [5.41, 5.74) is 2.16. The summed E-state index contributed by atoms with van der Waals surface area (Å²) in [7, 11) is 0. The summed E-state index contributed by atoms with van der Waals surface area (Å²) < 4.78 is 5.99. The quantitative estimate of drug-likeness (QED) is 0.824. The molecule has 0 aliphatic carbocycles. The van der Waals surface area contributed by atoms with Crippen LogP contribution in [0, 0.1) is 6.92 Å². The highest BCUT2D eigenvalue weighted by Gasteiger charge is 2.21. The summed E-state index contributed by atoms with van der Waals surface area (Å²) in [6.45, 7) is 3.94. The van der Waals surface area contributed by atoms with Crippen molar-refractivity contribution in [2.45, 2.75) is 13.3 Å². The van der Waals surface area contributed by atoms with Crippen molar-refractivity contribution in [1.82, 2.24) is 9.88 Å². The summed E-state index contributed by atoms with van der Waals surface area (Å²) in [6.07, 6.45) is 0.563. The van der Waals surface area contributed by atoms with E-state index in [-0.39, 0.29) is 6.09 Å². The molecule has 2 aromatic rings. The van der Waals surface area contributed by atoms with Gasteiger partial charge in [-0.15, -0.1) is 11.3 Å². The van der Waals surface area contributed by atoms with Gasteiger partial charge in [-0.2, -0.15) is 0 Å². The van der Waals surface area contributed by atoms with Crippen LogP contribution in [-0.4, -0.2) is 35.7 Å². The van der Waals surface area contributed by atoms with Gasteiger partial charge >= 0.3 is 6.09 Å². The Bertz CT molecular complexity index is 654. The molecule has 0 spiro atoms. The van der Waals surface area contributed by atoms with E-state index in [0.717, 1.165) is 27.2 Å². The van der Waals surface area contributed by atoms with Crippen LogP contribution in [0.4, 0.5) is 4.79 Å². The Morgan fingerprint density at radius 2 is 2.14 bits per heavy atom. The molecule has 0 N–H and O–H groups in total. The zero-order valence-electron chi connectivity index (χ0n) is 11.6. The Morgan fingerprint density at radius 1 is 1.38 bits per heavy atom. The van der Waals surface area contributed by atoms with E-state index in [0.29, 0.717) is 19.7 Å². The number of aromatic nitrogens is 1. The minimum absolute atomic E-state index is 0.212. The maximum absolute atomic E-state index is 11.4. The van der Waals surface area contributed by atoms with Gasteiger partial charge in [0.1, 0.15) is 6.61 Å². The van der Waals surface area contributed by atoms with Crippen LogP contribution in [0.1, 0.15) is 9.88 Å². The molecule has 110 valence electrons. The molecule has 0 saturated carbocycles. The highest BCUT2D eigenvalue weighted by atomic mass is 79.9. The largest absolute Gasteiger partial charge is 0.448 e. The first kappa shape index (κ1) is 14.5. The standard InChI is InChI=1S/C15H15BrN2O2S/c1-10-14(11-2-4-12(16)5-3-11)17-13(21-10)6-7-18-8-9-20-15(18)19/h2-5H,6-9H2,1H3. The monoisotopic (exact) mass is 366 g/mol. The number of rotatable bonds is 4. The van der Waals surface area contributed by atoms with Gasteiger partial charge in [0, 0.05) is 27.9 Å². The summed E-state index contributed by atoms with van der Waals surface area (Å²) in [4.78, 5) is 19.1. The van der Waals surface area contributed by atoms with Crippen LogP contribution in [0.2, 0.25) is 0 Å². The molecule has 0 atom stereocenters. The van der Waals surface area contributed by atoms with Crippen LogP contribution >= 0.6 is 27.3 Å². The van der Waals surface area contributed by atoms with E-state index in [1.807, 2.05) is 12.1 Å². The van der Waals surface area contributed by atoms with E-state index in [1.165, 1.54) is 4.88 Å². The molecular formula is C15H15BrN2O2S. The summed E-state index contributed by atoms with van der Waals surface area (Å²) >= 11 is 5.14. The Labute approximate surface area is 135 Å². The van der Waals surface area contributed by atoms with E-state index < -0.39 is 0 Å². The zero-order chi connectivity index (χ0) is 14.8. The Hall–Kier alpha value is -1.40. The first-order valence-corrected chi connectivity index (χ1v) is 8.38. The van der Waals surface area contributed by atoms with Crippen molar-refractivity contribution in [1.29, 1.82) is 0 Å². The SMILES string of the molecule is Cc1sc(CCN2CCOC2=O)nc1-c1ccc(Br)cc1. The van der Waals surface area contributed by atoms with E-state index in [1.54, 1.807) is 16.2 Å². The highest BCUT2D eigenvalue weighted by molar-refractivity contribution is 9.10. The maximum Gasteiger partial charge on any atom is 0.409 e. The molecule has 1 saturated heterocycles. The highest BCUT2D eigenvalue weighted by Crippen LogP contribution is 2.28. The molecule has 1 aromatic heterocycles. The smallest absolute Gasteiger partial charge is 0.409 e. The van der Waals surface area contributed by atoms with E-state index in [2.05, 4.69) is 35.0 Å². The molecule has 4 nitrogen and oxygen atoms in total. The molecule has 1 aliphatic rings. The number of ether oxygens (including phenoxy) is 1. The first-order chi connectivity index (χ1) is 10.1. The topological polar surface area (TPSA) is 42.4 Å². The second-order valence-electron chi connectivity index (χ2n) is 4.87. The predicted octanol–water partition coefficient (Wildman–Crippen LogP) is 3.88. The van der Waals surface area contributed by atoms with Gasteiger partial charge in [-0.1, -0.05) is 28.1 Å². The van der Waals surface area contributed by atoms with Crippen LogP contribution in [0.15, 0.2) is 28.7 Å². The lowest BCUT2D eigenvalue weighted by atomic mass is 10.1. The fourth-order valence-corrected chi connectivity index (χ4v) is 3.50. The number of thiazole rings is 1. The van der Waals surface area contributed by atoms with Gasteiger partial charge in [0.05, 0.1) is 17.2 Å². The third-order valence-corrected chi connectivity index (χ3v) is 4.96. The number of hydrogen-bond donors (Lipinski definition) is 0. The minimum atomic E-state index is -0.212. The second-order valence-corrected chi connectivity index (χ2v) is 7.07. The average Bonchev–Trinajstić information content (AvgIpc) is 3.04. The van der Waals surface area contributed by atoms with Crippen molar-refractivity contribution in [2.75, 3.05) is 19.7 Å². The van der Waals surface area contributed by atoms with E-state index in [9.17, 15) is 4.79 Å². The maximum atomic E-state index is 11.4. The van der Waals surface area contributed by atoms with Crippen LogP contribution in [0.5, 0.6) is 0 Å². The van der Waals surface area contributed by atoms with Gasteiger partial charge < -0.3 is 9.64 Å². The molecule has 1 amide bonds. The fraction of sp³-hybridized carbons (Fsp3) is 0.333. The van der Waals surface area contributed by atoms with Crippen LogP contribution < -0.4 is 0 Å². The summed E-state index contributed by atoms with van der Waals surface area (Å²) in [5.74, 6) is 0. The average molecular weight is 367 g/mol. The Morgan fingerprint density at radius 3 is 2.81 bits per heavy atom. The number of hydrogen-bond acceptors (Lipinski definition) is 4. The predicted molar refractivity (Wildman–Crippen MR) is 86.6 cm³/mol. The number of cyclic esters (lactones) is 1. The second kappa shape index (κ2) is 6.15. The molecule has 1 fully saturated rings. The molecule has 0 unspecified atom stereocenters. The van der Waals surface area contributed by atoms with Gasteiger partial charge in [0.2, 0.25) is 0 Å². The Balaban J connectivity index is 1.72. The van der Waals surface area contributed by atoms with Crippen LogP contribution in [0.3, 0.4) is 0 Å². The van der Waals surface area contributed by atoms with Crippen molar-refractivity contribution in [3.8, 4) is 11.3 Å². The fourth-order valence-electron chi connectivity index (χ4n) is 2.29. The van der Waals surface area contributed by atoms with Crippen molar-refractivity contribution in [2.24, 2.45) is 0 Å². The van der Waals surface area contributed by atoms with E-state index >= 15 is 0 Å². The number of carbonyl (C=O) groups excluding carboxylic acids is 1. The summed E-state index contributed by atoms with van der Waals surface area (Å²) in [6, 6.07) is 8.17. The number of amides is 1. The minimum Gasteiger partial charge on any atom is -0.448 e. The molecule has 6 heteroatoms. The number of benzene rings is 1. The van der Waals surface area contributed by atoms with Gasteiger partial charge in [-0.25, -0.2) is 9.78 Å². The molecule has 2 heterocycles. The van der Waals surface area contributed by atoms with Gasteiger partial charge in [0.15, 0.2) is 0 Å². The zero-order valence-corrected chi connectivity index (χ0v) is 14.0.